The number of ether oxygens (including phenoxy) is 1. The normalized spacial score (nSPS) is 18.8. The Hall–Kier alpha value is -3.94. The van der Waals surface area contributed by atoms with Gasteiger partial charge in [-0.3, -0.25) is 0 Å². The highest BCUT2D eigenvalue weighted by Gasteiger charge is 2.29. The van der Waals surface area contributed by atoms with Crippen LogP contribution in [0.25, 0.3) is 11.8 Å². The molecular formula is C26H24F2N4O2. The van der Waals surface area contributed by atoms with E-state index >= 15 is 0 Å². The molecule has 2 aliphatic rings. The largest absolute Gasteiger partial charge is 0.495 e. The van der Waals surface area contributed by atoms with Crippen molar-refractivity contribution in [1.29, 1.82) is 0 Å². The van der Waals surface area contributed by atoms with Crippen molar-refractivity contribution in [2.75, 3.05) is 13.7 Å². The maximum absolute atomic E-state index is 14.0. The highest BCUT2D eigenvalue weighted by molar-refractivity contribution is 6.03. The molecule has 1 atom stereocenters. The second-order valence-corrected chi connectivity index (χ2v) is 8.25. The molecule has 174 valence electrons. The molecule has 1 aromatic heterocycles. The Morgan fingerprint density at radius 2 is 2.03 bits per heavy atom. The van der Waals surface area contributed by atoms with Crippen LogP contribution in [0.1, 0.15) is 35.7 Å². The lowest BCUT2D eigenvalue weighted by molar-refractivity contribution is 0.141. The Bertz CT molecular complexity index is 1310. The van der Waals surface area contributed by atoms with E-state index in [1.165, 1.54) is 6.07 Å². The molecule has 0 N–H and O–H groups in total. The first-order chi connectivity index (χ1) is 16.5. The lowest BCUT2D eigenvalue weighted by Gasteiger charge is -2.32. The summed E-state index contributed by atoms with van der Waals surface area (Å²) in [6.45, 7) is 2.31. The Kier molecular flexibility index (Phi) is 5.88. The highest BCUT2D eigenvalue weighted by atomic mass is 19.2. The smallest absolute Gasteiger partial charge is 0.176 e. The second-order valence-electron chi connectivity index (χ2n) is 8.25. The SMILES string of the molecule is COc1cc(/C=C2\CC=CN3C2=NOCCC3c2ccc(F)c(F)c2)ccc1-n1cnc(C)c1. The molecule has 1 unspecified atom stereocenters. The molecule has 2 aliphatic heterocycles. The maximum atomic E-state index is 14.0. The highest BCUT2D eigenvalue weighted by Crippen LogP contribution is 2.34. The van der Waals surface area contributed by atoms with Gasteiger partial charge in [-0.05, 0) is 54.8 Å². The van der Waals surface area contributed by atoms with Crippen LogP contribution in [0.3, 0.4) is 0 Å². The number of imidazole rings is 1. The summed E-state index contributed by atoms with van der Waals surface area (Å²) >= 11 is 0. The number of methoxy groups -OCH3 is 1. The zero-order valence-corrected chi connectivity index (χ0v) is 18.9. The molecule has 0 radical (unpaired) electrons. The van der Waals surface area contributed by atoms with Crippen LogP contribution >= 0.6 is 0 Å². The maximum Gasteiger partial charge on any atom is 0.176 e. The number of aryl methyl sites for hydroxylation is 1. The number of hydrogen-bond donors (Lipinski definition) is 0. The molecule has 3 aromatic rings. The van der Waals surface area contributed by atoms with Crippen molar-refractivity contribution < 1.29 is 18.4 Å². The summed E-state index contributed by atoms with van der Waals surface area (Å²) < 4.78 is 35.0. The summed E-state index contributed by atoms with van der Waals surface area (Å²) in [6.07, 6.45) is 10.9. The number of hydrogen-bond acceptors (Lipinski definition) is 5. The zero-order chi connectivity index (χ0) is 23.7. The average Bonchev–Trinajstić information content (AvgIpc) is 3.15. The van der Waals surface area contributed by atoms with Gasteiger partial charge in [0.1, 0.15) is 12.4 Å². The van der Waals surface area contributed by atoms with Gasteiger partial charge >= 0.3 is 0 Å². The first-order valence-corrected chi connectivity index (χ1v) is 11.0. The van der Waals surface area contributed by atoms with E-state index < -0.39 is 11.6 Å². The predicted molar refractivity (Wildman–Crippen MR) is 126 cm³/mol. The molecule has 0 bridgehead atoms. The van der Waals surface area contributed by atoms with Crippen LogP contribution < -0.4 is 4.74 Å². The summed E-state index contributed by atoms with van der Waals surface area (Å²) in [4.78, 5) is 11.8. The van der Waals surface area contributed by atoms with Gasteiger partial charge < -0.3 is 19.0 Å². The summed E-state index contributed by atoms with van der Waals surface area (Å²) in [5, 5.41) is 4.36. The molecule has 0 amide bonds. The number of oxime groups is 1. The van der Waals surface area contributed by atoms with Crippen LogP contribution in [-0.2, 0) is 4.84 Å². The number of benzene rings is 2. The fraction of sp³-hybridized carbons (Fsp3) is 0.231. The van der Waals surface area contributed by atoms with Crippen molar-refractivity contribution in [3.63, 3.8) is 0 Å². The second kappa shape index (κ2) is 9.13. The molecule has 0 aliphatic carbocycles. The van der Waals surface area contributed by atoms with Gasteiger partial charge in [-0.15, -0.1) is 0 Å². The van der Waals surface area contributed by atoms with E-state index in [1.54, 1.807) is 19.5 Å². The third kappa shape index (κ3) is 4.19. The van der Waals surface area contributed by atoms with Crippen LogP contribution in [0.4, 0.5) is 8.78 Å². The molecule has 34 heavy (non-hydrogen) atoms. The van der Waals surface area contributed by atoms with Gasteiger partial charge in [-0.25, -0.2) is 13.8 Å². The number of amidine groups is 1. The van der Waals surface area contributed by atoms with E-state index in [0.717, 1.165) is 28.6 Å². The van der Waals surface area contributed by atoms with Crippen LogP contribution in [0.2, 0.25) is 0 Å². The molecule has 0 saturated heterocycles. The van der Waals surface area contributed by atoms with Crippen molar-refractivity contribution >= 4 is 11.9 Å². The summed E-state index contributed by atoms with van der Waals surface area (Å²) in [6, 6.07) is 9.75. The Balaban J connectivity index is 1.49. The fourth-order valence-corrected chi connectivity index (χ4v) is 4.31. The Morgan fingerprint density at radius 3 is 2.79 bits per heavy atom. The van der Waals surface area contributed by atoms with E-state index in [-0.39, 0.29) is 6.04 Å². The number of nitrogens with zero attached hydrogens (tertiary/aromatic N) is 4. The number of aromatic nitrogens is 2. The molecule has 2 aromatic carbocycles. The lowest BCUT2D eigenvalue weighted by atomic mass is 9.97. The van der Waals surface area contributed by atoms with Crippen LogP contribution in [0.15, 0.2) is 71.9 Å². The van der Waals surface area contributed by atoms with E-state index in [1.807, 2.05) is 59.1 Å². The van der Waals surface area contributed by atoms with Crippen LogP contribution in [-0.4, -0.2) is 34.0 Å². The van der Waals surface area contributed by atoms with Gasteiger partial charge in [-0.1, -0.05) is 23.4 Å². The van der Waals surface area contributed by atoms with E-state index in [0.29, 0.717) is 36.6 Å². The van der Waals surface area contributed by atoms with Crippen molar-refractivity contribution in [3.05, 3.63) is 95.2 Å². The molecule has 0 spiro atoms. The third-order valence-corrected chi connectivity index (χ3v) is 5.97. The quantitative estimate of drug-likeness (QED) is 0.511. The topological polar surface area (TPSA) is 51.9 Å². The monoisotopic (exact) mass is 462 g/mol. The number of fused-ring (bicyclic) bond motifs is 1. The summed E-state index contributed by atoms with van der Waals surface area (Å²) in [5.74, 6) is -0.351. The number of allylic oxidation sites excluding steroid dienone is 1. The minimum absolute atomic E-state index is 0.224. The summed E-state index contributed by atoms with van der Waals surface area (Å²) in [7, 11) is 1.64. The zero-order valence-electron chi connectivity index (χ0n) is 18.9. The number of halogens is 2. The van der Waals surface area contributed by atoms with Gasteiger partial charge in [0.2, 0.25) is 0 Å². The minimum atomic E-state index is -0.863. The molecule has 5 rings (SSSR count). The van der Waals surface area contributed by atoms with E-state index in [4.69, 9.17) is 9.57 Å². The predicted octanol–water partition coefficient (Wildman–Crippen LogP) is 5.55. The standard InChI is InChI=1S/C26H24F2N4O2/c1-17-15-31(16-29-17)24-8-5-18(13-25(24)33-2)12-20-4-3-10-32-23(9-11-34-30-26(20)32)19-6-7-21(27)22(28)14-19/h3,5-8,10,12-16,23H,4,9,11H2,1-2H3/b20-12+. The van der Waals surface area contributed by atoms with E-state index in [2.05, 4.69) is 10.1 Å². The van der Waals surface area contributed by atoms with Gasteiger partial charge in [-0.2, -0.15) is 0 Å². The molecule has 6 nitrogen and oxygen atoms in total. The molecule has 0 saturated carbocycles. The molecule has 3 heterocycles. The average molecular weight is 463 g/mol. The van der Waals surface area contributed by atoms with Crippen LogP contribution in [0.5, 0.6) is 5.75 Å². The summed E-state index contributed by atoms with van der Waals surface area (Å²) in [5.41, 5.74) is 4.38. The fourth-order valence-electron chi connectivity index (χ4n) is 4.31. The number of rotatable bonds is 4. The minimum Gasteiger partial charge on any atom is -0.495 e. The molecular weight excluding hydrogens is 438 g/mol. The van der Waals surface area contributed by atoms with Gasteiger partial charge in [0.15, 0.2) is 17.5 Å². The lowest BCUT2D eigenvalue weighted by Crippen LogP contribution is -2.33. The molecule has 0 fully saturated rings. The van der Waals surface area contributed by atoms with Crippen molar-refractivity contribution in [2.24, 2.45) is 5.16 Å². The van der Waals surface area contributed by atoms with Crippen molar-refractivity contribution in [1.82, 2.24) is 14.5 Å². The first kappa shape index (κ1) is 21.9. The van der Waals surface area contributed by atoms with Gasteiger partial charge in [0, 0.05) is 24.4 Å². The molecule has 8 heteroatoms. The Morgan fingerprint density at radius 1 is 1.15 bits per heavy atom. The van der Waals surface area contributed by atoms with Crippen molar-refractivity contribution in [3.8, 4) is 11.4 Å². The van der Waals surface area contributed by atoms with Crippen LogP contribution in [0, 0.1) is 18.6 Å². The van der Waals surface area contributed by atoms with Gasteiger partial charge in [0.05, 0.1) is 30.9 Å². The first-order valence-electron chi connectivity index (χ1n) is 11.0. The Labute approximate surface area is 196 Å². The van der Waals surface area contributed by atoms with E-state index in [9.17, 15) is 8.78 Å². The van der Waals surface area contributed by atoms with Crippen molar-refractivity contribution in [2.45, 2.75) is 25.8 Å². The third-order valence-electron chi connectivity index (χ3n) is 5.97. The van der Waals surface area contributed by atoms with Gasteiger partial charge in [0.25, 0.3) is 0 Å².